The number of amides is 2. The average Bonchev–Trinajstić information content (AvgIpc) is 3.38. The summed E-state index contributed by atoms with van der Waals surface area (Å²) in [6.45, 7) is 6.87. The lowest BCUT2D eigenvalue weighted by atomic mass is 9.71. The van der Waals surface area contributed by atoms with E-state index >= 15 is 0 Å². The van der Waals surface area contributed by atoms with Gasteiger partial charge in [-0.3, -0.25) is 4.79 Å². The van der Waals surface area contributed by atoms with Crippen LogP contribution in [0.1, 0.15) is 50.7 Å². The fourth-order valence-electron chi connectivity index (χ4n) is 6.10. The van der Waals surface area contributed by atoms with Gasteiger partial charge in [0.05, 0.1) is 5.92 Å². The maximum Gasteiger partial charge on any atom is 0.410 e. The van der Waals surface area contributed by atoms with Crippen molar-refractivity contribution >= 4 is 18.2 Å². The molecule has 37 heavy (non-hydrogen) atoms. The quantitative estimate of drug-likeness (QED) is 0.632. The fraction of sp³-hybridized carbons (Fsp3) is 0.483. The van der Waals surface area contributed by atoms with Crippen LogP contribution in [0.3, 0.4) is 0 Å². The van der Waals surface area contributed by atoms with Gasteiger partial charge in [0, 0.05) is 37.5 Å². The molecule has 2 aromatic carbocycles. The predicted molar refractivity (Wildman–Crippen MR) is 137 cm³/mol. The van der Waals surface area contributed by atoms with E-state index in [1.54, 1.807) is 4.90 Å². The van der Waals surface area contributed by atoms with Crippen molar-refractivity contribution in [2.45, 2.75) is 45.1 Å². The molecule has 2 aliphatic heterocycles. The number of benzene rings is 2. The van der Waals surface area contributed by atoms with E-state index in [4.69, 9.17) is 9.47 Å². The Balaban J connectivity index is 1.25. The number of carbonyl (C=O) groups is 3. The summed E-state index contributed by atoms with van der Waals surface area (Å²) in [7, 11) is 0. The molecule has 8 heteroatoms. The smallest absolute Gasteiger partial charge is 0.410 e. The summed E-state index contributed by atoms with van der Waals surface area (Å²) in [6.07, 6.45) is 0.118. The predicted octanol–water partition coefficient (Wildman–Crippen LogP) is 4.97. The van der Waals surface area contributed by atoms with Gasteiger partial charge < -0.3 is 24.4 Å². The number of hydrogen-bond acceptors (Lipinski definition) is 5. The van der Waals surface area contributed by atoms with Gasteiger partial charge in [-0.25, -0.2) is 9.59 Å². The molecule has 0 radical (unpaired) electrons. The van der Waals surface area contributed by atoms with E-state index < -0.39 is 29.0 Å². The largest absolute Gasteiger partial charge is 0.481 e. The van der Waals surface area contributed by atoms with Crippen LogP contribution in [0.15, 0.2) is 48.5 Å². The monoisotopic (exact) mass is 506 g/mol. The second-order valence-electron chi connectivity index (χ2n) is 11.4. The lowest BCUT2D eigenvalue weighted by Gasteiger charge is -2.41. The molecule has 0 saturated carbocycles. The number of carboxylic acids is 1. The van der Waals surface area contributed by atoms with E-state index in [-0.39, 0.29) is 25.2 Å². The van der Waals surface area contributed by atoms with Crippen molar-refractivity contribution in [2.24, 2.45) is 11.3 Å². The molecule has 0 bridgehead atoms. The molecule has 0 unspecified atom stereocenters. The SMILES string of the molecule is CC(C)(C)OC(=O)N1CCC2(CC1)CN(C(=O)OCC1c3ccccc3-c3ccccc31)C[C@H]2C(=O)O. The third kappa shape index (κ3) is 4.77. The Hall–Kier alpha value is -3.55. The second kappa shape index (κ2) is 9.39. The van der Waals surface area contributed by atoms with Crippen LogP contribution in [0.5, 0.6) is 0 Å². The number of hydrogen-bond donors (Lipinski definition) is 1. The Morgan fingerprint density at radius 3 is 2.03 bits per heavy atom. The van der Waals surface area contributed by atoms with Gasteiger partial charge in [-0.2, -0.15) is 0 Å². The third-order valence-electron chi connectivity index (χ3n) is 7.95. The molecule has 1 N–H and O–H groups in total. The van der Waals surface area contributed by atoms with Gasteiger partial charge in [0.1, 0.15) is 12.2 Å². The summed E-state index contributed by atoms with van der Waals surface area (Å²) >= 11 is 0. The van der Waals surface area contributed by atoms with E-state index in [9.17, 15) is 19.5 Å². The van der Waals surface area contributed by atoms with E-state index in [2.05, 4.69) is 24.3 Å². The first-order valence-corrected chi connectivity index (χ1v) is 12.9. The molecule has 1 atom stereocenters. The van der Waals surface area contributed by atoms with Gasteiger partial charge in [-0.15, -0.1) is 0 Å². The molecule has 2 aromatic rings. The van der Waals surface area contributed by atoms with Crippen LogP contribution in [0.25, 0.3) is 11.1 Å². The minimum absolute atomic E-state index is 0.0553. The number of aliphatic carboxylic acids is 1. The molecule has 0 aromatic heterocycles. The van der Waals surface area contributed by atoms with Crippen LogP contribution in [0.4, 0.5) is 9.59 Å². The zero-order valence-corrected chi connectivity index (χ0v) is 21.6. The van der Waals surface area contributed by atoms with Crippen molar-refractivity contribution in [1.29, 1.82) is 0 Å². The molecule has 1 spiro atoms. The molecular formula is C29H34N2O6. The number of ether oxygens (including phenoxy) is 2. The lowest BCUT2D eigenvalue weighted by molar-refractivity contribution is -0.145. The highest BCUT2D eigenvalue weighted by Crippen LogP contribution is 2.46. The number of rotatable bonds is 3. The van der Waals surface area contributed by atoms with E-state index in [1.807, 2.05) is 45.0 Å². The van der Waals surface area contributed by atoms with Gasteiger partial charge in [-0.05, 0) is 55.9 Å². The molecule has 2 amide bonds. The van der Waals surface area contributed by atoms with E-state index in [1.165, 1.54) is 4.90 Å². The molecule has 5 rings (SSSR count). The van der Waals surface area contributed by atoms with Crippen molar-refractivity contribution in [2.75, 3.05) is 32.8 Å². The highest BCUT2D eigenvalue weighted by Gasteiger charge is 2.53. The molecule has 8 nitrogen and oxygen atoms in total. The van der Waals surface area contributed by atoms with Crippen LogP contribution in [0, 0.1) is 11.3 Å². The summed E-state index contributed by atoms with van der Waals surface area (Å²) < 4.78 is 11.3. The van der Waals surface area contributed by atoms with Crippen molar-refractivity contribution < 1.29 is 29.0 Å². The summed E-state index contributed by atoms with van der Waals surface area (Å²) in [6, 6.07) is 16.3. The van der Waals surface area contributed by atoms with Crippen LogP contribution in [-0.4, -0.2) is 71.4 Å². The lowest BCUT2D eigenvalue weighted by Crippen LogP contribution is -2.49. The number of carbonyl (C=O) groups excluding carboxylic acids is 2. The van der Waals surface area contributed by atoms with Crippen molar-refractivity contribution in [3.05, 3.63) is 59.7 Å². The standard InChI is InChI=1S/C29H34N2O6/c1-28(2,3)37-27(35)30-14-12-29(13-15-30)18-31(16-24(29)25(32)33)26(34)36-17-23-21-10-6-4-8-19(21)20-9-5-7-11-22(20)23/h4-11,23-24H,12-18H2,1-3H3,(H,32,33)/t24-/m0/s1. The third-order valence-corrected chi connectivity index (χ3v) is 7.95. The van der Waals surface area contributed by atoms with Crippen LogP contribution < -0.4 is 0 Å². The number of nitrogens with zero attached hydrogens (tertiary/aromatic N) is 2. The Bertz CT molecular complexity index is 1170. The number of carboxylic acid groups (broad SMARTS) is 1. The second-order valence-corrected chi connectivity index (χ2v) is 11.4. The molecule has 2 saturated heterocycles. The zero-order chi connectivity index (χ0) is 26.4. The molecule has 196 valence electrons. The topological polar surface area (TPSA) is 96.4 Å². The maximum atomic E-state index is 13.2. The fourth-order valence-corrected chi connectivity index (χ4v) is 6.10. The van der Waals surface area contributed by atoms with Crippen molar-refractivity contribution in [3.63, 3.8) is 0 Å². The molecule has 1 aliphatic carbocycles. The Labute approximate surface area is 217 Å². The maximum absolute atomic E-state index is 13.2. The first kappa shape index (κ1) is 25.1. The van der Waals surface area contributed by atoms with Crippen LogP contribution >= 0.6 is 0 Å². The van der Waals surface area contributed by atoms with Gasteiger partial charge in [0.25, 0.3) is 0 Å². The van der Waals surface area contributed by atoms with Crippen LogP contribution in [0.2, 0.25) is 0 Å². The molecule has 2 heterocycles. The zero-order valence-electron chi connectivity index (χ0n) is 21.6. The van der Waals surface area contributed by atoms with Gasteiger partial charge in [-0.1, -0.05) is 48.5 Å². The number of fused-ring (bicyclic) bond motifs is 3. The number of piperidine rings is 1. The molecular weight excluding hydrogens is 472 g/mol. The van der Waals surface area contributed by atoms with E-state index in [0.29, 0.717) is 32.5 Å². The molecule has 2 fully saturated rings. The highest BCUT2D eigenvalue weighted by molar-refractivity contribution is 5.79. The Morgan fingerprint density at radius 1 is 0.919 bits per heavy atom. The summed E-state index contributed by atoms with van der Waals surface area (Å²) in [4.78, 5) is 41.0. The summed E-state index contributed by atoms with van der Waals surface area (Å²) in [5, 5.41) is 10.00. The normalized spacial score (nSPS) is 20.5. The van der Waals surface area contributed by atoms with Gasteiger partial charge >= 0.3 is 18.2 Å². The van der Waals surface area contributed by atoms with Gasteiger partial charge in [0.15, 0.2) is 0 Å². The van der Waals surface area contributed by atoms with Crippen molar-refractivity contribution in [1.82, 2.24) is 9.80 Å². The van der Waals surface area contributed by atoms with Crippen molar-refractivity contribution in [3.8, 4) is 11.1 Å². The molecule has 3 aliphatic rings. The average molecular weight is 507 g/mol. The van der Waals surface area contributed by atoms with E-state index in [0.717, 1.165) is 22.3 Å². The minimum Gasteiger partial charge on any atom is -0.481 e. The minimum atomic E-state index is -0.917. The van der Waals surface area contributed by atoms with Gasteiger partial charge in [0.2, 0.25) is 0 Å². The first-order valence-electron chi connectivity index (χ1n) is 12.9. The number of likely N-dealkylation sites (tertiary alicyclic amines) is 2. The highest BCUT2D eigenvalue weighted by atomic mass is 16.6. The Morgan fingerprint density at radius 2 is 1.49 bits per heavy atom. The van der Waals surface area contributed by atoms with Crippen LogP contribution in [-0.2, 0) is 14.3 Å². The Kier molecular flexibility index (Phi) is 6.38. The summed E-state index contributed by atoms with van der Waals surface area (Å²) in [5.41, 5.74) is 3.39. The summed E-state index contributed by atoms with van der Waals surface area (Å²) in [5.74, 6) is -1.67. The first-order chi connectivity index (χ1) is 17.6.